The van der Waals surface area contributed by atoms with Gasteiger partial charge in [-0.05, 0) is 43.9 Å². The molecular formula is C22H24N2OS. The maximum absolute atomic E-state index is 12.5. The van der Waals surface area contributed by atoms with Crippen LogP contribution in [0.4, 0.5) is 5.69 Å². The Hall–Kier alpha value is -2.46. The van der Waals surface area contributed by atoms with Gasteiger partial charge in [-0.3, -0.25) is 4.79 Å². The zero-order valence-corrected chi connectivity index (χ0v) is 16.5. The van der Waals surface area contributed by atoms with E-state index in [4.69, 9.17) is 0 Å². The van der Waals surface area contributed by atoms with Crippen LogP contribution in [0.2, 0.25) is 0 Å². The molecule has 0 radical (unpaired) electrons. The first kappa shape index (κ1) is 18.3. The smallest absolute Gasteiger partial charge is 0.230 e. The lowest BCUT2D eigenvalue weighted by Gasteiger charge is -2.12. The Labute approximate surface area is 159 Å². The maximum atomic E-state index is 12.5. The van der Waals surface area contributed by atoms with Crippen molar-refractivity contribution in [3.8, 4) is 10.6 Å². The topological polar surface area (TPSA) is 42.0 Å². The van der Waals surface area contributed by atoms with E-state index in [0.29, 0.717) is 0 Å². The van der Waals surface area contributed by atoms with Crippen LogP contribution in [0.1, 0.15) is 34.9 Å². The average molecular weight is 365 g/mol. The van der Waals surface area contributed by atoms with Crippen LogP contribution in [0.3, 0.4) is 0 Å². The molecule has 4 heteroatoms. The van der Waals surface area contributed by atoms with Crippen LogP contribution in [0.15, 0.2) is 41.8 Å². The number of hydrogen-bond donors (Lipinski definition) is 1. The molecule has 0 saturated carbocycles. The van der Waals surface area contributed by atoms with Gasteiger partial charge in [0.1, 0.15) is 5.01 Å². The zero-order chi connectivity index (χ0) is 18.7. The molecule has 0 aliphatic carbocycles. The molecule has 0 unspecified atom stereocenters. The Kier molecular flexibility index (Phi) is 5.52. The Morgan fingerprint density at radius 1 is 1.08 bits per heavy atom. The Balaban J connectivity index is 1.70. The number of thiazole rings is 1. The quantitative estimate of drug-likeness (QED) is 0.651. The van der Waals surface area contributed by atoms with Gasteiger partial charge in [0.25, 0.3) is 0 Å². The summed E-state index contributed by atoms with van der Waals surface area (Å²) in [4.78, 5) is 17.1. The summed E-state index contributed by atoms with van der Waals surface area (Å²) in [5.74, 6) is -0.0294. The molecule has 2 aromatic carbocycles. The second-order valence-electron chi connectivity index (χ2n) is 6.69. The highest BCUT2D eigenvalue weighted by Gasteiger charge is 2.12. The predicted octanol–water partition coefficient (Wildman–Crippen LogP) is 5.48. The second kappa shape index (κ2) is 7.83. The lowest BCUT2D eigenvalue weighted by molar-refractivity contribution is -0.115. The lowest BCUT2D eigenvalue weighted by Crippen LogP contribution is -2.16. The molecule has 1 N–H and O–H groups in total. The first-order valence-electron chi connectivity index (χ1n) is 8.87. The third-order valence-corrected chi connectivity index (χ3v) is 5.38. The summed E-state index contributed by atoms with van der Waals surface area (Å²) in [6, 6.07) is 12.6. The van der Waals surface area contributed by atoms with Crippen molar-refractivity contribution < 1.29 is 4.79 Å². The largest absolute Gasteiger partial charge is 0.325 e. The van der Waals surface area contributed by atoms with Crippen LogP contribution in [0.5, 0.6) is 0 Å². The van der Waals surface area contributed by atoms with Gasteiger partial charge in [-0.25, -0.2) is 4.98 Å². The number of nitrogens with one attached hydrogen (secondary N) is 1. The van der Waals surface area contributed by atoms with Crippen LogP contribution in [-0.4, -0.2) is 10.9 Å². The van der Waals surface area contributed by atoms with Crippen LogP contribution in [-0.2, 0) is 17.6 Å². The highest BCUT2D eigenvalue weighted by Crippen LogP contribution is 2.25. The van der Waals surface area contributed by atoms with Gasteiger partial charge in [0, 0.05) is 16.6 Å². The van der Waals surface area contributed by atoms with Gasteiger partial charge in [-0.1, -0.05) is 48.9 Å². The number of aromatic nitrogens is 1. The Bertz CT molecular complexity index is 903. The van der Waals surface area contributed by atoms with Gasteiger partial charge in [0.05, 0.1) is 12.1 Å². The minimum absolute atomic E-state index is 0.0294. The molecule has 0 spiro atoms. The summed E-state index contributed by atoms with van der Waals surface area (Å²) >= 11 is 1.58. The molecule has 0 aliphatic rings. The van der Waals surface area contributed by atoms with Crippen molar-refractivity contribution in [1.82, 2.24) is 4.98 Å². The van der Waals surface area contributed by atoms with Gasteiger partial charge in [0.2, 0.25) is 5.91 Å². The summed E-state index contributed by atoms with van der Waals surface area (Å²) in [6.45, 7) is 8.26. The Morgan fingerprint density at radius 3 is 2.35 bits per heavy atom. The van der Waals surface area contributed by atoms with Crippen molar-refractivity contribution >= 4 is 22.9 Å². The van der Waals surface area contributed by atoms with Gasteiger partial charge >= 0.3 is 0 Å². The van der Waals surface area contributed by atoms with Crippen molar-refractivity contribution in [2.24, 2.45) is 0 Å². The highest BCUT2D eigenvalue weighted by atomic mass is 32.1. The molecule has 134 valence electrons. The molecule has 0 fully saturated rings. The number of carbonyl (C=O) groups is 1. The SMILES string of the molecule is CCc1ccc(-c2nc(CC(=O)Nc3c(C)cc(C)cc3C)cs2)cc1. The summed E-state index contributed by atoms with van der Waals surface area (Å²) in [5, 5.41) is 5.97. The molecule has 1 heterocycles. The van der Waals surface area contributed by atoms with Crippen molar-refractivity contribution in [2.45, 2.75) is 40.5 Å². The number of nitrogens with zero attached hydrogens (tertiary/aromatic N) is 1. The van der Waals surface area contributed by atoms with E-state index in [9.17, 15) is 4.79 Å². The molecule has 1 amide bonds. The van der Waals surface area contributed by atoms with E-state index in [0.717, 1.165) is 39.5 Å². The average Bonchev–Trinajstić information content (AvgIpc) is 3.06. The van der Waals surface area contributed by atoms with E-state index >= 15 is 0 Å². The molecule has 3 nitrogen and oxygen atoms in total. The molecule has 0 atom stereocenters. The Morgan fingerprint density at radius 2 is 1.73 bits per heavy atom. The van der Waals surface area contributed by atoms with Gasteiger partial charge in [-0.15, -0.1) is 11.3 Å². The summed E-state index contributed by atoms with van der Waals surface area (Å²) in [6.07, 6.45) is 1.32. The van der Waals surface area contributed by atoms with E-state index in [2.05, 4.69) is 60.5 Å². The van der Waals surface area contributed by atoms with Crippen LogP contribution >= 0.6 is 11.3 Å². The molecule has 0 bridgehead atoms. The lowest BCUT2D eigenvalue weighted by atomic mass is 10.0. The van der Waals surface area contributed by atoms with Crippen LogP contribution < -0.4 is 5.32 Å². The summed E-state index contributed by atoms with van der Waals surface area (Å²) < 4.78 is 0. The summed E-state index contributed by atoms with van der Waals surface area (Å²) in [7, 11) is 0. The van der Waals surface area contributed by atoms with E-state index in [-0.39, 0.29) is 12.3 Å². The number of carbonyl (C=O) groups excluding carboxylic acids is 1. The molecule has 3 rings (SSSR count). The number of anilines is 1. The van der Waals surface area contributed by atoms with Crippen LogP contribution in [0.25, 0.3) is 10.6 Å². The minimum atomic E-state index is -0.0294. The van der Waals surface area contributed by atoms with E-state index in [1.54, 1.807) is 11.3 Å². The fourth-order valence-corrected chi connectivity index (χ4v) is 3.95. The van der Waals surface area contributed by atoms with Crippen molar-refractivity contribution in [2.75, 3.05) is 5.32 Å². The predicted molar refractivity (Wildman–Crippen MR) is 110 cm³/mol. The number of amides is 1. The monoisotopic (exact) mass is 364 g/mol. The molecule has 0 saturated heterocycles. The van der Waals surface area contributed by atoms with Gasteiger partial charge < -0.3 is 5.32 Å². The standard InChI is InChI=1S/C22H24N2OS/c1-5-17-6-8-18(9-7-17)22-23-19(13-26-22)12-20(25)24-21-15(3)10-14(2)11-16(21)4/h6-11,13H,5,12H2,1-4H3,(H,24,25). The third kappa shape index (κ3) is 4.20. The molecule has 3 aromatic rings. The summed E-state index contributed by atoms with van der Waals surface area (Å²) in [5.41, 5.74) is 7.52. The highest BCUT2D eigenvalue weighted by molar-refractivity contribution is 7.13. The van der Waals surface area contributed by atoms with E-state index in [1.807, 2.05) is 19.2 Å². The van der Waals surface area contributed by atoms with Crippen molar-refractivity contribution in [3.05, 3.63) is 69.7 Å². The fourth-order valence-electron chi connectivity index (χ4n) is 3.13. The molecule has 26 heavy (non-hydrogen) atoms. The number of rotatable bonds is 5. The molecule has 0 aliphatic heterocycles. The third-order valence-electron chi connectivity index (χ3n) is 4.44. The number of hydrogen-bond acceptors (Lipinski definition) is 3. The maximum Gasteiger partial charge on any atom is 0.230 e. The van der Waals surface area contributed by atoms with Gasteiger partial charge in [0.15, 0.2) is 0 Å². The van der Waals surface area contributed by atoms with E-state index in [1.165, 1.54) is 11.1 Å². The molecule has 1 aromatic heterocycles. The first-order valence-corrected chi connectivity index (χ1v) is 9.75. The molecular weight excluding hydrogens is 340 g/mol. The van der Waals surface area contributed by atoms with Gasteiger partial charge in [-0.2, -0.15) is 0 Å². The van der Waals surface area contributed by atoms with E-state index < -0.39 is 0 Å². The second-order valence-corrected chi connectivity index (χ2v) is 7.55. The normalized spacial score (nSPS) is 10.8. The van der Waals surface area contributed by atoms with Crippen molar-refractivity contribution in [1.29, 1.82) is 0 Å². The first-order chi connectivity index (χ1) is 12.5. The minimum Gasteiger partial charge on any atom is -0.325 e. The zero-order valence-electron chi connectivity index (χ0n) is 15.7. The number of aryl methyl sites for hydroxylation is 4. The fraction of sp³-hybridized carbons (Fsp3) is 0.273. The van der Waals surface area contributed by atoms with Crippen molar-refractivity contribution in [3.63, 3.8) is 0 Å². The number of benzene rings is 2. The van der Waals surface area contributed by atoms with Crippen LogP contribution in [0, 0.1) is 20.8 Å².